The van der Waals surface area contributed by atoms with E-state index in [1.165, 1.54) is 0 Å². The van der Waals surface area contributed by atoms with Gasteiger partial charge >= 0.3 is 0 Å². The smallest absolute Gasteiger partial charge is 0.132 e. The number of hydrogen-bond donors (Lipinski definition) is 2. The zero-order valence-corrected chi connectivity index (χ0v) is 11.4. The molecule has 0 saturated heterocycles. The monoisotopic (exact) mass is 253 g/mol. The molecule has 0 aromatic carbocycles. The summed E-state index contributed by atoms with van der Waals surface area (Å²) in [5.74, 6) is 0.918. The van der Waals surface area contributed by atoms with Gasteiger partial charge in [0.15, 0.2) is 0 Å². The maximum absolute atomic E-state index is 10.1. The van der Waals surface area contributed by atoms with Gasteiger partial charge in [0.1, 0.15) is 5.82 Å². The molecule has 2 N–H and O–H groups in total. The van der Waals surface area contributed by atoms with Crippen LogP contribution in [0.4, 0.5) is 5.82 Å². The number of aliphatic hydroxyl groups excluding tert-OH is 2. The van der Waals surface area contributed by atoms with Gasteiger partial charge in [0.25, 0.3) is 0 Å². The minimum Gasteiger partial charge on any atom is -0.391 e. The molecule has 18 heavy (non-hydrogen) atoms. The molecule has 0 amide bonds. The molecule has 2 rings (SSSR count). The van der Waals surface area contributed by atoms with Crippen molar-refractivity contribution in [2.45, 2.75) is 51.4 Å². The largest absolute Gasteiger partial charge is 0.391 e. The summed E-state index contributed by atoms with van der Waals surface area (Å²) >= 11 is 0. The highest BCUT2D eigenvalue weighted by Crippen LogP contribution is 2.29. The molecule has 1 saturated carbocycles. The van der Waals surface area contributed by atoms with Crippen LogP contribution in [0.2, 0.25) is 0 Å². The Labute approximate surface area is 108 Å². The molecular weight excluding hydrogens is 230 g/mol. The van der Waals surface area contributed by atoms with Gasteiger partial charge in [0, 0.05) is 19.7 Å². The van der Waals surface area contributed by atoms with E-state index in [9.17, 15) is 10.2 Å². The Morgan fingerprint density at radius 3 is 2.67 bits per heavy atom. The van der Waals surface area contributed by atoms with Crippen LogP contribution in [-0.2, 0) is 13.7 Å². The second-order valence-corrected chi connectivity index (χ2v) is 5.20. The molecule has 0 aliphatic heterocycles. The van der Waals surface area contributed by atoms with Crippen LogP contribution in [0, 0.1) is 6.92 Å². The number of aromatic nitrogens is 2. The van der Waals surface area contributed by atoms with Gasteiger partial charge in [-0.2, -0.15) is 5.10 Å². The minimum absolute atomic E-state index is 0.0117. The van der Waals surface area contributed by atoms with Crippen molar-refractivity contribution in [3.05, 3.63) is 11.3 Å². The number of rotatable bonds is 3. The first-order valence-electron chi connectivity index (χ1n) is 6.60. The first-order chi connectivity index (χ1) is 8.56. The summed E-state index contributed by atoms with van der Waals surface area (Å²) in [5, 5.41) is 24.0. The lowest BCUT2D eigenvalue weighted by Crippen LogP contribution is -2.44. The first kappa shape index (κ1) is 13.4. The molecule has 0 bridgehead atoms. The molecule has 102 valence electrons. The fourth-order valence-electron chi connectivity index (χ4n) is 3.02. The van der Waals surface area contributed by atoms with Crippen molar-refractivity contribution in [2.75, 3.05) is 11.9 Å². The third-order valence-electron chi connectivity index (χ3n) is 4.00. The van der Waals surface area contributed by atoms with Gasteiger partial charge in [-0.05, 0) is 19.8 Å². The number of aliphatic hydroxyl groups is 2. The SMILES string of the molecule is Cc1nn(C)c(N(C)C2CCCCC2O)c1CO. The lowest BCUT2D eigenvalue weighted by molar-refractivity contribution is 0.105. The van der Waals surface area contributed by atoms with Crippen LogP contribution in [-0.4, -0.2) is 39.2 Å². The van der Waals surface area contributed by atoms with Crippen molar-refractivity contribution < 1.29 is 10.2 Å². The van der Waals surface area contributed by atoms with E-state index < -0.39 is 0 Å². The molecule has 2 unspecified atom stereocenters. The van der Waals surface area contributed by atoms with Crippen LogP contribution in [0.5, 0.6) is 0 Å². The van der Waals surface area contributed by atoms with Crippen molar-refractivity contribution in [2.24, 2.45) is 7.05 Å². The van der Waals surface area contributed by atoms with Crippen molar-refractivity contribution in [3.63, 3.8) is 0 Å². The van der Waals surface area contributed by atoms with E-state index in [4.69, 9.17) is 0 Å². The molecule has 1 aliphatic carbocycles. The molecular formula is C13H23N3O2. The normalized spacial score (nSPS) is 24.3. The van der Waals surface area contributed by atoms with Gasteiger partial charge in [0.05, 0.1) is 24.4 Å². The summed E-state index contributed by atoms with van der Waals surface area (Å²) in [5.41, 5.74) is 1.71. The standard InChI is InChI=1S/C13H23N3O2/c1-9-10(8-17)13(16(3)14-9)15(2)11-6-4-5-7-12(11)18/h11-12,17-18H,4-8H2,1-3H3. The van der Waals surface area contributed by atoms with Gasteiger partial charge in [-0.3, -0.25) is 4.68 Å². The highest BCUT2D eigenvalue weighted by atomic mass is 16.3. The Bertz CT molecular complexity index is 417. The highest BCUT2D eigenvalue weighted by molar-refractivity contribution is 5.50. The second kappa shape index (κ2) is 5.28. The van der Waals surface area contributed by atoms with E-state index in [2.05, 4.69) is 10.00 Å². The topological polar surface area (TPSA) is 61.5 Å². The van der Waals surface area contributed by atoms with Crippen LogP contribution in [0.25, 0.3) is 0 Å². The molecule has 1 heterocycles. The number of likely N-dealkylation sites (N-methyl/N-ethyl adjacent to an activating group) is 1. The van der Waals surface area contributed by atoms with Gasteiger partial charge in [-0.25, -0.2) is 0 Å². The van der Waals surface area contributed by atoms with E-state index in [1.807, 2.05) is 21.0 Å². The Morgan fingerprint density at radius 2 is 2.06 bits per heavy atom. The summed E-state index contributed by atoms with van der Waals surface area (Å²) < 4.78 is 1.79. The highest BCUT2D eigenvalue weighted by Gasteiger charge is 2.29. The summed E-state index contributed by atoms with van der Waals surface area (Å²) in [4.78, 5) is 2.08. The number of nitrogens with zero attached hydrogens (tertiary/aromatic N) is 3. The van der Waals surface area contributed by atoms with Crippen LogP contribution in [0.15, 0.2) is 0 Å². The summed E-state index contributed by atoms with van der Waals surface area (Å²) in [6.07, 6.45) is 3.82. The van der Waals surface area contributed by atoms with Crippen molar-refractivity contribution in [1.29, 1.82) is 0 Å². The predicted molar refractivity (Wildman–Crippen MR) is 70.5 cm³/mol. The minimum atomic E-state index is -0.287. The lowest BCUT2D eigenvalue weighted by atomic mass is 9.91. The predicted octanol–water partition coefficient (Wildman–Crippen LogP) is 0.961. The van der Waals surface area contributed by atoms with E-state index >= 15 is 0 Å². The average molecular weight is 253 g/mol. The Morgan fingerprint density at radius 1 is 1.39 bits per heavy atom. The quantitative estimate of drug-likeness (QED) is 0.842. The maximum atomic E-state index is 10.1. The Hall–Kier alpha value is -1.07. The third-order valence-corrected chi connectivity index (χ3v) is 4.00. The van der Waals surface area contributed by atoms with E-state index in [-0.39, 0.29) is 18.8 Å². The molecule has 5 heteroatoms. The van der Waals surface area contributed by atoms with Crippen molar-refractivity contribution >= 4 is 5.82 Å². The fourth-order valence-corrected chi connectivity index (χ4v) is 3.02. The average Bonchev–Trinajstić information content (AvgIpc) is 2.63. The fraction of sp³-hybridized carbons (Fsp3) is 0.769. The van der Waals surface area contributed by atoms with Crippen molar-refractivity contribution in [3.8, 4) is 0 Å². The van der Waals surface area contributed by atoms with E-state index in [0.29, 0.717) is 0 Å². The molecule has 1 fully saturated rings. The maximum Gasteiger partial charge on any atom is 0.132 e. The molecule has 0 spiro atoms. The molecule has 2 atom stereocenters. The van der Waals surface area contributed by atoms with Crippen LogP contribution in [0.3, 0.4) is 0 Å². The zero-order chi connectivity index (χ0) is 13.3. The molecule has 5 nitrogen and oxygen atoms in total. The van der Waals surface area contributed by atoms with Crippen molar-refractivity contribution in [1.82, 2.24) is 9.78 Å². The third kappa shape index (κ3) is 2.24. The van der Waals surface area contributed by atoms with Crippen LogP contribution >= 0.6 is 0 Å². The van der Waals surface area contributed by atoms with Gasteiger partial charge in [0.2, 0.25) is 0 Å². The Kier molecular flexibility index (Phi) is 3.92. The van der Waals surface area contributed by atoms with Gasteiger partial charge in [-0.15, -0.1) is 0 Å². The molecule has 1 aliphatic rings. The van der Waals surface area contributed by atoms with E-state index in [1.54, 1.807) is 4.68 Å². The molecule has 1 aromatic rings. The zero-order valence-electron chi connectivity index (χ0n) is 11.4. The number of hydrogen-bond acceptors (Lipinski definition) is 4. The summed E-state index contributed by atoms with van der Waals surface area (Å²) in [6, 6.07) is 0.124. The second-order valence-electron chi connectivity index (χ2n) is 5.20. The van der Waals surface area contributed by atoms with Crippen LogP contribution in [0.1, 0.15) is 36.9 Å². The number of anilines is 1. The van der Waals surface area contributed by atoms with Crippen LogP contribution < -0.4 is 4.90 Å². The summed E-state index contributed by atoms with van der Waals surface area (Å²) in [7, 11) is 3.86. The first-order valence-corrected chi connectivity index (χ1v) is 6.60. The number of aryl methyl sites for hydroxylation is 2. The molecule has 1 aromatic heterocycles. The Balaban J connectivity index is 2.29. The summed E-state index contributed by atoms with van der Waals surface area (Å²) in [6.45, 7) is 1.89. The van der Waals surface area contributed by atoms with Gasteiger partial charge in [-0.1, -0.05) is 12.8 Å². The lowest BCUT2D eigenvalue weighted by Gasteiger charge is -2.36. The van der Waals surface area contributed by atoms with E-state index in [0.717, 1.165) is 42.8 Å². The van der Waals surface area contributed by atoms with Gasteiger partial charge < -0.3 is 15.1 Å². The molecule has 0 radical (unpaired) electrons.